The van der Waals surface area contributed by atoms with Crippen molar-refractivity contribution in [3.05, 3.63) is 77.5 Å². The quantitative estimate of drug-likeness (QED) is 0.369. The Labute approximate surface area is 192 Å². The van der Waals surface area contributed by atoms with Gasteiger partial charge in [0.1, 0.15) is 5.75 Å². The predicted molar refractivity (Wildman–Crippen MR) is 125 cm³/mol. The van der Waals surface area contributed by atoms with Gasteiger partial charge in [0.25, 0.3) is 0 Å². The van der Waals surface area contributed by atoms with Crippen molar-refractivity contribution in [2.24, 2.45) is 0 Å². The molecule has 0 aliphatic heterocycles. The Morgan fingerprint density at radius 3 is 2.58 bits per heavy atom. The summed E-state index contributed by atoms with van der Waals surface area (Å²) in [6, 6.07) is 18.8. The summed E-state index contributed by atoms with van der Waals surface area (Å²) in [5, 5.41) is 12.2. The maximum Gasteiger partial charge on any atom is 0.234 e. The first-order valence-electron chi connectivity index (χ1n) is 9.32. The number of aromatic nitrogens is 4. The third kappa shape index (κ3) is 5.12. The van der Waals surface area contributed by atoms with Gasteiger partial charge in [-0.1, -0.05) is 33.8 Å². The molecule has 2 aromatic carbocycles. The number of hydrogen-bond donors (Lipinski definition) is 1. The van der Waals surface area contributed by atoms with E-state index in [0.29, 0.717) is 11.0 Å². The fraction of sp³-hybridized carbons (Fsp3) is 0.0909. The van der Waals surface area contributed by atoms with Crippen molar-refractivity contribution in [1.82, 2.24) is 19.7 Å². The lowest BCUT2D eigenvalue weighted by Crippen LogP contribution is -2.14. The highest BCUT2D eigenvalue weighted by atomic mass is 79.9. The molecule has 0 spiro atoms. The van der Waals surface area contributed by atoms with Crippen molar-refractivity contribution in [3.8, 4) is 22.8 Å². The van der Waals surface area contributed by atoms with Crippen LogP contribution in [-0.4, -0.2) is 38.5 Å². The van der Waals surface area contributed by atoms with Gasteiger partial charge in [-0.2, -0.15) is 0 Å². The zero-order valence-electron chi connectivity index (χ0n) is 16.5. The Morgan fingerprint density at radius 2 is 1.87 bits per heavy atom. The number of carbonyl (C=O) groups excluding carboxylic acids is 1. The van der Waals surface area contributed by atoms with Gasteiger partial charge < -0.3 is 10.1 Å². The van der Waals surface area contributed by atoms with E-state index < -0.39 is 0 Å². The molecule has 0 aliphatic rings. The van der Waals surface area contributed by atoms with Crippen molar-refractivity contribution < 1.29 is 9.53 Å². The molecule has 0 unspecified atom stereocenters. The topological polar surface area (TPSA) is 81.9 Å². The molecule has 2 aromatic heterocycles. The zero-order valence-corrected chi connectivity index (χ0v) is 18.9. The molecular weight excluding hydrogens is 478 g/mol. The van der Waals surface area contributed by atoms with Crippen LogP contribution >= 0.6 is 27.7 Å². The van der Waals surface area contributed by atoms with E-state index in [9.17, 15) is 4.79 Å². The normalized spacial score (nSPS) is 10.6. The van der Waals surface area contributed by atoms with Gasteiger partial charge in [0.15, 0.2) is 11.0 Å². The van der Waals surface area contributed by atoms with Crippen LogP contribution in [0.1, 0.15) is 0 Å². The van der Waals surface area contributed by atoms with Gasteiger partial charge in [0.05, 0.1) is 12.9 Å². The largest absolute Gasteiger partial charge is 0.497 e. The summed E-state index contributed by atoms with van der Waals surface area (Å²) in [6.07, 6.45) is 3.42. The number of ether oxygens (including phenoxy) is 1. The highest BCUT2D eigenvalue weighted by Crippen LogP contribution is 2.29. The third-order valence-electron chi connectivity index (χ3n) is 4.34. The Balaban J connectivity index is 1.59. The zero-order chi connectivity index (χ0) is 21.6. The molecule has 4 rings (SSSR count). The van der Waals surface area contributed by atoms with E-state index in [1.165, 1.54) is 11.8 Å². The van der Waals surface area contributed by atoms with Crippen molar-refractivity contribution in [1.29, 1.82) is 0 Å². The molecule has 0 atom stereocenters. The Hall–Kier alpha value is -3.17. The van der Waals surface area contributed by atoms with Gasteiger partial charge in [-0.15, -0.1) is 10.2 Å². The molecule has 31 heavy (non-hydrogen) atoms. The van der Waals surface area contributed by atoms with Crippen LogP contribution in [-0.2, 0) is 4.79 Å². The Bertz CT molecular complexity index is 1180. The van der Waals surface area contributed by atoms with Crippen LogP contribution in [0.15, 0.2) is 82.7 Å². The summed E-state index contributed by atoms with van der Waals surface area (Å²) in [4.78, 5) is 16.5. The molecule has 9 heteroatoms. The van der Waals surface area contributed by atoms with Crippen LogP contribution in [0.4, 0.5) is 5.69 Å². The number of nitrogens with one attached hydrogen (secondary N) is 1. The number of anilines is 1. The van der Waals surface area contributed by atoms with Gasteiger partial charge in [0, 0.05) is 33.8 Å². The number of rotatable bonds is 7. The summed E-state index contributed by atoms with van der Waals surface area (Å²) in [5.74, 6) is 1.49. The summed E-state index contributed by atoms with van der Waals surface area (Å²) in [7, 11) is 1.63. The summed E-state index contributed by atoms with van der Waals surface area (Å²) in [6.45, 7) is 0. The molecule has 4 aromatic rings. The summed E-state index contributed by atoms with van der Waals surface area (Å²) >= 11 is 4.72. The Morgan fingerprint density at radius 1 is 1.10 bits per heavy atom. The molecular formula is C22H18BrN5O2S. The Kier molecular flexibility index (Phi) is 6.63. The molecule has 1 amide bonds. The van der Waals surface area contributed by atoms with E-state index in [-0.39, 0.29) is 11.7 Å². The van der Waals surface area contributed by atoms with Crippen LogP contribution < -0.4 is 10.1 Å². The number of halogens is 1. The van der Waals surface area contributed by atoms with Crippen molar-refractivity contribution in [2.45, 2.75) is 5.16 Å². The van der Waals surface area contributed by atoms with Crippen molar-refractivity contribution in [3.63, 3.8) is 0 Å². The lowest BCUT2D eigenvalue weighted by atomic mass is 10.2. The molecule has 0 saturated carbocycles. The second-order valence-corrected chi connectivity index (χ2v) is 8.28. The molecule has 0 fully saturated rings. The highest BCUT2D eigenvalue weighted by Gasteiger charge is 2.17. The van der Waals surface area contributed by atoms with Crippen LogP contribution in [0.2, 0.25) is 0 Å². The minimum absolute atomic E-state index is 0.127. The molecule has 0 aliphatic carbocycles. The first-order valence-corrected chi connectivity index (χ1v) is 11.1. The molecule has 0 saturated heterocycles. The highest BCUT2D eigenvalue weighted by molar-refractivity contribution is 9.10. The summed E-state index contributed by atoms with van der Waals surface area (Å²) in [5.41, 5.74) is 2.48. The molecule has 0 bridgehead atoms. The van der Waals surface area contributed by atoms with Gasteiger partial charge in [0.2, 0.25) is 5.91 Å². The second kappa shape index (κ2) is 9.76. The molecule has 2 heterocycles. The number of pyridine rings is 1. The number of amides is 1. The molecule has 1 N–H and O–H groups in total. The van der Waals surface area contributed by atoms with Crippen molar-refractivity contribution in [2.75, 3.05) is 18.2 Å². The van der Waals surface area contributed by atoms with Crippen LogP contribution in [0.3, 0.4) is 0 Å². The van der Waals surface area contributed by atoms with Crippen LogP contribution in [0.25, 0.3) is 17.1 Å². The number of hydrogen-bond acceptors (Lipinski definition) is 6. The van der Waals surface area contributed by atoms with E-state index in [4.69, 9.17) is 4.74 Å². The van der Waals surface area contributed by atoms with Gasteiger partial charge in [-0.05, 0) is 54.6 Å². The molecule has 156 valence electrons. The first kappa shape index (κ1) is 21.1. The van der Waals surface area contributed by atoms with Crippen molar-refractivity contribution >= 4 is 39.3 Å². The lowest BCUT2D eigenvalue weighted by molar-refractivity contribution is -0.113. The monoisotopic (exact) mass is 495 g/mol. The fourth-order valence-corrected chi connectivity index (χ4v) is 4.06. The third-order valence-corrected chi connectivity index (χ3v) is 5.77. The number of methoxy groups -OCH3 is 1. The smallest absolute Gasteiger partial charge is 0.234 e. The van der Waals surface area contributed by atoms with E-state index in [0.717, 1.165) is 27.2 Å². The first-order chi connectivity index (χ1) is 15.1. The van der Waals surface area contributed by atoms with Gasteiger partial charge >= 0.3 is 0 Å². The number of carbonyl (C=O) groups is 1. The van der Waals surface area contributed by atoms with E-state index in [1.807, 2.05) is 65.2 Å². The predicted octanol–water partition coefficient (Wildman–Crippen LogP) is 4.83. The minimum atomic E-state index is -0.127. The number of thioether (sulfide) groups is 1. The summed E-state index contributed by atoms with van der Waals surface area (Å²) < 4.78 is 8.09. The van der Waals surface area contributed by atoms with Gasteiger partial charge in [-0.25, -0.2) is 0 Å². The lowest BCUT2D eigenvalue weighted by Gasteiger charge is -2.11. The maximum atomic E-state index is 12.5. The second-order valence-electron chi connectivity index (χ2n) is 6.42. The minimum Gasteiger partial charge on any atom is -0.497 e. The van der Waals surface area contributed by atoms with E-state index in [2.05, 4.69) is 36.4 Å². The van der Waals surface area contributed by atoms with E-state index in [1.54, 1.807) is 19.5 Å². The molecule has 7 nitrogen and oxygen atoms in total. The average molecular weight is 496 g/mol. The maximum absolute atomic E-state index is 12.5. The van der Waals surface area contributed by atoms with Crippen LogP contribution in [0, 0.1) is 0 Å². The van der Waals surface area contributed by atoms with Crippen LogP contribution in [0.5, 0.6) is 5.75 Å². The standard InChI is InChI=1S/C22H18BrN5O2S/c1-30-19-7-5-18(6-8-19)28-21(15-9-11-24-12-10-15)26-27-22(28)31-14-20(29)25-17-4-2-3-16(23)13-17/h2-13H,14H2,1H3,(H,25,29). The SMILES string of the molecule is COc1ccc(-n2c(SCC(=O)Nc3cccc(Br)c3)nnc2-c2ccncc2)cc1. The van der Waals surface area contributed by atoms with E-state index >= 15 is 0 Å². The average Bonchev–Trinajstić information content (AvgIpc) is 3.22. The number of benzene rings is 2. The number of nitrogens with zero attached hydrogens (tertiary/aromatic N) is 4. The molecule has 0 radical (unpaired) electrons. The van der Waals surface area contributed by atoms with Gasteiger partial charge in [-0.3, -0.25) is 14.3 Å². The fourth-order valence-electron chi connectivity index (χ4n) is 2.91.